The lowest BCUT2D eigenvalue weighted by molar-refractivity contribution is -0.153. The molecule has 28 heavy (non-hydrogen) atoms. The van der Waals surface area contributed by atoms with Crippen LogP contribution in [0.5, 0.6) is 5.75 Å². The van der Waals surface area contributed by atoms with Gasteiger partial charge in [0, 0.05) is 29.0 Å². The molecule has 0 N–H and O–H groups in total. The first-order valence-corrected chi connectivity index (χ1v) is 11.4. The Morgan fingerprint density at radius 2 is 2.00 bits per heavy atom. The zero-order chi connectivity index (χ0) is 19.9. The number of thioether (sulfide) groups is 1. The van der Waals surface area contributed by atoms with Gasteiger partial charge in [-0.05, 0) is 38.1 Å². The van der Waals surface area contributed by atoms with Crippen LogP contribution in [-0.4, -0.2) is 59.1 Å². The van der Waals surface area contributed by atoms with E-state index in [1.807, 2.05) is 36.6 Å². The summed E-state index contributed by atoms with van der Waals surface area (Å²) < 4.78 is 10.6. The van der Waals surface area contributed by atoms with Gasteiger partial charge in [-0.2, -0.15) is 11.8 Å². The first-order chi connectivity index (χ1) is 13.6. The Kier molecular flexibility index (Phi) is 7.33. The van der Waals surface area contributed by atoms with Crippen LogP contribution in [0.25, 0.3) is 10.6 Å². The number of rotatable bonds is 7. The average Bonchev–Trinajstić information content (AvgIpc) is 3.17. The van der Waals surface area contributed by atoms with Gasteiger partial charge < -0.3 is 14.4 Å². The third kappa shape index (κ3) is 5.05. The molecule has 0 unspecified atom stereocenters. The van der Waals surface area contributed by atoms with Crippen LogP contribution >= 0.6 is 23.1 Å². The summed E-state index contributed by atoms with van der Waals surface area (Å²) in [6, 6.07) is 7.26. The second kappa shape index (κ2) is 9.93. The van der Waals surface area contributed by atoms with E-state index in [1.54, 1.807) is 23.6 Å². The Bertz CT molecular complexity index is 807. The van der Waals surface area contributed by atoms with Gasteiger partial charge in [0.2, 0.25) is 5.91 Å². The molecule has 0 spiro atoms. The van der Waals surface area contributed by atoms with Crippen LogP contribution in [0, 0.1) is 0 Å². The number of esters is 1. The van der Waals surface area contributed by atoms with E-state index >= 15 is 0 Å². The van der Waals surface area contributed by atoms with Crippen molar-refractivity contribution in [2.24, 2.45) is 0 Å². The van der Waals surface area contributed by atoms with Crippen molar-refractivity contribution in [1.29, 1.82) is 0 Å². The topological polar surface area (TPSA) is 68.7 Å². The Labute approximate surface area is 173 Å². The summed E-state index contributed by atoms with van der Waals surface area (Å²) in [6.45, 7) is 5.23. The lowest BCUT2D eigenvalue weighted by Crippen LogP contribution is -2.51. The van der Waals surface area contributed by atoms with Crippen LogP contribution < -0.4 is 4.74 Å². The fourth-order valence-electron chi connectivity index (χ4n) is 2.97. The molecule has 0 saturated carbocycles. The molecule has 1 aliphatic heterocycles. The molecule has 6 nitrogen and oxygen atoms in total. The SMILES string of the molecule is CCOC(=O)[C@H]1CSCCN1C(=O)Cc1csc(-c2ccc(OCC)cc2)n1. The first-order valence-electron chi connectivity index (χ1n) is 9.33. The Hall–Kier alpha value is -2.06. The van der Waals surface area contributed by atoms with Crippen LogP contribution in [-0.2, 0) is 20.7 Å². The Balaban J connectivity index is 1.66. The van der Waals surface area contributed by atoms with Crippen molar-refractivity contribution in [2.75, 3.05) is 31.3 Å². The number of amides is 1. The van der Waals surface area contributed by atoms with E-state index in [1.165, 1.54) is 11.3 Å². The number of hydrogen-bond donors (Lipinski definition) is 0. The summed E-state index contributed by atoms with van der Waals surface area (Å²) in [5.74, 6) is 1.83. The van der Waals surface area contributed by atoms with Gasteiger partial charge in [-0.1, -0.05) is 0 Å². The summed E-state index contributed by atoms with van der Waals surface area (Å²) in [4.78, 5) is 31.2. The predicted molar refractivity (Wildman–Crippen MR) is 112 cm³/mol. The molecule has 1 aromatic heterocycles. The summed E-state index contributed by atoms with van der Waals surface area (Å²) in [5.41, 5.74) is 1.71. The van der Waals surface area contributed by atoms with E-state index < -0.39 is 6.04 Å². The number of thiazole rings is 1. The number of benzene rings is 1. The Morgan fingerprint density at radius 1 is 1.21 bits per heavy atom. The number of ether oxygens (including phenoxy) is 2. The third-order valence-electron chi connectivity index (χ3n) is 4.30. The lowest BCUT2D eigenvalue weighted by Gasteiger charge is -2.33. The maximum atomic E-state index is 12.8. The highest BCUT2D eigenvalue weighted by Gasteiger charge is 2.33. The summed E-state index contributed by atoms with van der Waals surface area (Å²) in [5, 5.41) is 2.77. The number of hydrogen-bond acceptors (Lipinski definition) is 7. The van der Waals surface area contributed by atoms with E-state index in [9.17, 15) is 9.59 Å². The largest absolute Gasteiger partial charge is 0.494 e. The fraction of sp³-hybridized carbons (Fsp3) is 0.450. The predicted octanol–water partition coefficient (Wildman–Crippen LogP) is 3.26. The summed E-state index contributed by atoms with van der Waals surface area (Å²) >= 11 is 3.18. The van der Waals surface area contributed by atoms with Crippen LogP contribution in [0.15, 0.2) is 29.6 Å². The molecular formula is C20H24N2O4S2. The second-order valence-electron chi connectivity index (χ2n) is 6.21. The van der Waals surface area contributed by atoms with Crippen molar-refractivity contribution in [2.45, 2.75) is 26.3 Å². The monoisotopic (exact) mass is 420 g/mol. The van der Waals surface area contributed by atoms with E-state index in [0.717, 1.165) is 27.8 Å². The van der Waals surface area contributed by atoms with Gasteiger partial charge in [0.25, 0.3) is 0 Å². The van der Waals surface area contributed by atoms with Crippen molar-refractivity contribution in [1.82, 2.24) is 9.88 Å². The molecule has 8 heteroatoms. The van der Waals surface area contributed by atoms with Gasteiger partial charge in [-0.25, -0.2) is 9.78 Å². The minimum Gasteiger partial charge on any atom is -0.494 e. The highest BCUT2D eigenvalue weighted by Crippen LogP contribution is 2.26. The normalized spacial score (nSPS) is 16.6. The van der Waals surface area contributed by atoms with E-state index in [-0.39, 0.29) is 18.3 Å². The molecule has 1 fully saturated rings. The van der Waals surface area contributed by atoms with Crippen LogP contribution in [0.2, 0.25) is 0 Å². The van der Waals surface area contributed by atoms with Gasteiger partial charge in [0.1, 0.15) is 16.8 Å². The van der Waals surface area contributed by atoms with Crippen LogP contribution in [0.4, 0.5) is 0 Å². The molecule has 2 aromatic rings. The zero-order valence-corrected chi connectivity index (χ0v) is 17.7. The fourth-order valence-corrected chi connectivity index (χ4v) is 4.83. The molecule has 2 heterocycles. The molecule has 3 rings (SSSR count). The molecule has 1 aromatic carbocycles. The molecule has 0 bridgehead atoms. The maximum absolute atomic E-state index is 12.8. The molecule has 1 aliphatic rings. The number of aromatic nitrogens is 1. The molecule has 0 aliphatic carbocycles. The zero-order valence-electron chi connectivity index (χ0n) is 16.1. The van der Waals surface area contributed by atoms with Gasteiger partial charge >= 0.3 is 5.97 Å². The second-order valence-corrected chi connectivity index (χ2v) is 8.22. The molecule has 1 atom stereocenters. The highest BCUT2D eigenvalue weighted by molar-refractivity contribution is 7.99. The Morgan fingerprint density at radius 3 is 2.71 bits per heavy atom. The van der Waals surface area contributed by atoms with Crippen molar-refractivity contribution >= 4 is 35.0 Å². The number of carbonyl (C=O) groups is 2. The van der Waals surface area contributed by atoms with Crippen LogP contribution in [0.3, 0.4) is 0 Å². The minimum absolute atomic E-state index is 0.0816. The van der Waals surface area contributed by atoms with Crippen molar-refractivity contribution < 1.29 is 19.1 Å². The van der Waals surface area contributed by atoms with Crippen molar-refractivity contribution in [3.8, 4) is 16.3 Å². The molecule has 1 saturated heterocycles. The summed E-state index contributed by atoms with van der Waals surface area (Å²) in [6.07, 6.45) is 0.189. The van der Waals surface area contributed by atoms with E-state index in [2.05, 4.69) is 4.98 Å². The highest BCUT2D eigenvalue weighted by atomic mass is 32.2. The molecule has 150 valence electrons. The quantitative estimate of drug-likeness (QED) is 0.641. The standard InChI is InChI=1S/C20H24N2O4S2/c1-3-25-16-7-5-14(6-8-16)19-21-15(12-28-19)11-18(23)22-9-10-27-13-17(22)20(24)26-4-2/h5-8,12,17H,3-4,9-11,13H2,1-2H3/t17-/m1/s1. The van der Waals surface area contributed by atoms with Crippen molar-refractivity contribution in [3.05, 3.63) is 35.3 Å². The van der Waals surface area contributed by atoms with Crippen LogP contribution in [0.1, 0.15) is 19.5 Å². The van der Waals surface area contributed by atoms with Gasteiger partial charge in [-0.15, -0.1) is 11.3 Å². The van der Waals surface area contributed by atoms with Gasteiger partial charge in [0.05, 0.1) is 25.3 Å². The van der Waals surface area contributed by atoms with E-state index in [4.69, 9.17) is 9.47 Å². The number of nitrogens with zero attached hydrogens (tertiary/aromatic N) is 2. The van der Waals surface area contributed by atoms with E-state index in [0.29, 0.717) is 25.5 Å². The molecule has 1 amide bonds. The van der Waals surface area contributed by atoms with Gasteiger partial charge in [0.15, 0.2) is 0 Å². The first kappa shape index (κ1) is 20.7. The number of carbonyl (C=O) groups excluding carboxylic acids is 2. The molecule has 0 radical (unpaired) electrons. The molecular weight excluding hydrogens is 396 g/mol. The smallest absolute Gasteiger partial charge is 0.329 e. The maximum Gasteiger partial charge on any atom is 0.329 e. The minimum atomic E-state index is -0.504. The van der Waals surface area contributed by atoms with Crippen molar-refractivity contribution in [3.63, 3.8) is 0 Å². The van der Waals surface area contributed by atoms with Gasteiger partial charge in [-0.3, -0.25) is 4.79 Å². The average molecular weight is 421 g/mol. The summed E-state index contributed by atoms with van der Waals surface area (Å²) in [7, 11) is 0. The lowest BCUT2D eigenvalue weighted by atomic mass is 10.2. The third-order valence-corrected chi connectivity index (χ3v) is 6.27.